The van der Waals surface area contributed by atoms with Gasteiger partial charge >= 0.3 is 0 Å². The lowest BCUT2D eigenvalue weighted by Gasteiger charge is -2.11. The summed E-state index contributed by atoms with van der Waals surface area (Å²) in [5.74, 6) is -0.334. The first kappa shape index (κ1) is 14.0. The fourth-order valence-electron chi connectivity index (χ4n) is 1.93. The van der Waals surface area contributed by atoms with E-state index in [9.17, 15) is 9.50 Å². The Bertz CT molecular complexity index is 533. The van der Waals surface area contributed by atoms with E-state index in [2.05, 4.69) is 4.98 Å². The van der Waals surface area contributed by atoms with Crippen LogP contribution in [0.1, 0.15) is 17.5 Å². The monoisotopic (exact) mass is 279 g/mol. The quantitative estimate of drug-likeness (QED) is 0.910. The van der Waals surface area contributed by atoms with E-state index in [-0.39, 0.29) is 5.82 Å². The lowest BCUT2D eigenvalue weighted by Crippen LogP contribution is -2.12. The minimum atomic E-state index is -0.542. The molecule has 0 amide bonds. The molecule has 0 saturated heterocycles. The Morgan fingerprint density at radius 1 is 1.32 bits per heavy atom. The minimum Gasteiger partial charge on any atom is -0.393 e. The van der Waals surface area contributed by atoms with Crippen molar-refractivity contribution in [3.8, 4) is 0 Å². The maximum atomic E-state index is 13.1. The smallest absolute Gasteiger partial charge is 0.123 e. The summed E-state index contributed by atoms with van der Waals surface area (Å²) < 4.78 is 13.1. The number of hydrogen-bond acceptors (Lipinski definition) is 2. The minimum absolute atomic E-state index is 0.334. The molecule has 0 aliphatic carbocycles. The summed E-state index contributed by atoms with van der Waals surface area (Å²) in [6.07, 6.45) is 4.64. The van der Waals surface area contributed by atoms with Crippen LogP contribution in [-0.2, 0) is 12.8 Å². The molecule has 1 N–H and O–H groups in total. The van der Waals surface area contributed by atoms with Gasteiger partial charge in [-0.2, -0.15) is 0 Å². The Balaban J connectivity index is 1.90. The molecule has 0 bridgehead atoms. The van der Waals surface area contributed by atoms with E-state index in [1.807, 2.05) is 12.1 Å². The molecule has 0 aliphatic heterocycles. The van der Waals surface area contributed by atoms with Gasteiger partial charge in [0.15, 0.2) is 0 Å². The Kier molecular flexibility index (Phi) is 4.88. The number of hydrogen-bond donors (Lipinski definition) is 1. The predicted molar refractivity (Wildman–Crippen MR) is 73.7 cm³/mol. The van der Waals surface area contributed by atoms with Gasteiger partial charge in [-0.25, -0.2) is 4.39 Å². The van der Waals surface area contributed by atoms with Crippen molar-refractivity contribution in [3.63, 3.8) is 0 Å². The first-order valence-corrected chi connectivity index (χ1v) is 6.54. The van der Waals surface area contributed by atoms with Crippen LogP contribution in [0.3, 0.4) is 0 Å². The van der Waals surface area contributed by atoms with Crippen LogP contribution in [0.5, 0.6) is 0 Å². The standard InChI is InChI=1S/C15H15ClFNO/c16-15-6-4-13(17)8-12(15)9-14(19)5-3-11-2-1-7-18-10-11/h1-2,4,6-8,10,14,19H,3,5,9H2. The van der Waals surface area contributed by atoms with Crippen LogP contribution in [-0.4, -0.2) is 16.2 Å². The Morgan fingerprint density at radius 2 is 2.16 bits per heavy atom. The van der Waals surface area contributed by atoms with Crippen molar-refractivity contribution in [1.29, 1.82) is 0 Å². The van der Waals surface area contributed by atoms with Crippen molar-refractivity contribution in [3.05, 3.63) is 64.7 Å². The van der Waals surface area contributed by atoms with E-state index >= 15 is 0 Å². The van der Waals surface area contributed by atoms with Crippen molar-refractivity contribution in [2.45, 2.75) is 25.4 Å². The number of aromatic nitrogens is 1. The lowest BCUT2D eigenvalue weighted by molar-refractivity contribution is 0.165. The third-order valence-corrected chi connectivity index (χ3v) is 3.32. The molecule has 2 nitrogen and oxygen atoms in total. The molecule has 0 fully saturated rings. The summed E-state index contributed by atoms with van der Waals surface area (Å²) >= 11 is 5.97. The van der Waals surface area contributed by atoms with E-state index in [1.54, 1.807) is 12.4 Å². The highest BCUT2D eigenvalue weighted by atomic mass is 35.5. The highest BCUT2D eigenvalue weighted by Gasteiger charge is 2.10. The van der Waals surface area contributed by atoms with E-state index in [0.717, 1.165) is 12.0 Å². The second kappa shape index (κ2) is 6.64. The number of nitrogens with zero attached hydrogens (tertiary/aromatic N) is 1. The fraction of sp³-hybridized carbons (Fsp3) is 0.267. The molecule has 1 heterocycles. The number of aliphatic hydroxyl groups excluding tert-OH is 1. The van der Waals surface area contributed by atoms with E-state index < -0.39 is 6.10 Å². The third-order valence-electron chi connectivity index (χ3n) is 2.95. The second-order valence-electron chi connectivity index (χ2n) is 4.49. The fourth-order valence-corrected chi connectivity index (χ4v) is 2.13. The van der Waals surface area contributed by atoms with E-state index in [4.69, 9.17) is 11.6 Å². The van der Waals surface area contributed by atoms with Gasteiger partial charge in [0.1, 0.15) is 5.82 Å². The second-order valence-corrected chi connectivity index (χ2v) is 4.90. The lowest BCUT2D eigenvalue weighted by atomic mass is 10.0. The molecule has 2 aromatic rings. The molecule has 0 saturated carbocycles. The summed E-state index contributed by atoms with van der Waals surface area (Å²) in [6, 6.07) is 8.03. The van der Waals surface area contributed by atoms with Crippen LogP contribution >= 0.6 is 11.6 Å². The molecule has 0 aliphatic rings. The normalized spacial score (nSPS) is 12.4. The van der Waals surface area contributed by atoms with Gasteiger partial charge in [-0.1, -0.05) is 17.7 Å². The maximum absolute atomic E-state index is 13.1. The molecule has 1 aromatic heterocycles. The predicted octanol–water partition coefficient (Wildman–Crippen LogP) is 3.41. The summed E-state index contributed by atoms with van der Waals surface area (Å²) in [7, 11) is 0. The maximum Gasteiger partial charge on any atom is 0.123 e. The molecule has 100 valence electrons. The van der Waals surface area contributed by atoms with Crippen molar-refractivity contribution in [2.75, 3.05) is 0 Å². The SMILES string of the molecule is OC(CCc1cccnc1)Cc1cc(F)ccc1Cl. The van der Waals surface area contributed by atoms with Crippen molar-refractivity contribution in [1.82, 2.24) is 4.98 Å². The first-order chi connectivity index (χ1) is 9.15. The van der Waals surface area contributed by atoms with Crippen LogP contribution in [0.25, 0.3) is 0 Å². The zero-order valence-electron chi connectivity index (χ0n) is 10.4. The Morgan fingerprint density at radius 3 is 2.89 bits per heavy atom. The summed E-state index contributed by atoms with van der Waals surface area (Å²) in [5, 5.41) is 10.5. The molecule has 19 heavy (non-hydrogen) atoms. The summed E-state index contributed by atoms with van der Waals surface area (Å²) in [6.45, 7) is 0. The topological polar surface area (TPSA) is 33.1 Å². The molecule has 1 unspecified atom stereocenters. The molecule has 1 aromatic carbocycles. The van der Waals surface area contributed by atoms with Gasteiger partial charge in [0.05, 0.1) is 6.10 Å². The first-order valence-electron chi connectivity index (χ1n) is 6.16. The van der Waals surface area contributed by atoms with Crippen LogP contribution in [0.15, 0.2) is 42.7 Å². The van der Waals surface area contributed by atoms with Gasteiger partial charge in [-0.05, 0) is 54.7 Å². The summed E-state index contributed by atoms with van der Waals surface area (Å²) in [5.41, 5.74) is 1.72. The van der Waals surface area contributed by atoms with E-state index in [1.165, 1.54) is 18.2 Å². The summed E-state index contributed by atoms with van der Waals surface area (Å²) in [4.78, 5) is 4.02. The molecule has 2 rings (SSSR count). The molecule has 4 heteroatoms. The largest absolute Gasteiger partial charge is 0.393 e. The number of rotatable bonds is 5. The zero-order chi connectivity index (χ0) is 13.7. The molecule has 0 spiro atoms. The number of pyridine rings is 1. The van der Waals surface area contributed by atoms with Crippen molar-refractivity contribution >= 4 is 11.6 Å². The van der Waals surface area contributed by atoms with Gasteiger partial charge < -0.3 is 5.11 Å². The van der Waals surface area contributed by atoms with Crippen LogP contribution in [0.4, 0.5) is 4.39 Å². The number of benzene rings is 1. The molecular formula is C15H15ClFNO. The van der Waals surface area contributed by atoms with Gasteiger partial charge in [0.25, 0.3) is 0 Å². The Labute approximate surface area is 116 Å². The van der Waals surface area contributed by atoms with Gasteiger partial charge in [-0.3, -0.25) is 4.98 Å². The van der Waals surface area contributed by atoms with Gasteiger partial charge in [0.2, 0.25) is 0 Å². The number of halogens is 2. The van der Waals surface area contributed by atoms with Gasteiger partial charge in [0, 0.05) is 17.4 Å². The Hall–Kier alpha value is -1.45. The van der Waals surface area contributed by atoms with Crippen molar-refractivity contribution in [2.24, 2.45) is 0 Å². The van der Waals surface area contributed by atoms with Crippen LogP contribution in [0.2, 0.25) is 5.02 Å². The van der Waals surface area contributed by atoms with Crippen molar-refractivity contribution < 1.29 is 9.50 Å². The molecular weight excluding hydrogens is 265 g/mol. The average molecular weight is 280 g/mol. The molecule has 0 radical (unpaired) electrons. The average Bonchev–Trinajstić information content (AvgIpc) is 2.42. The number of aryl methyl sites for hydroxylation is 1. The zero-order valence-corrected chi connectivity index (χ0v) is 11.1. The third kappa shape index (κ3) is 4.30. The van der Waals surface area contributed by atoms with E-state index in [0.29, 0.717) is 23.4 Å². The van der Waals surface area contributed by atoms with Crippen LogP contribution < -0.4 is 0 Å². The highest BCUT2D eigenvalue weighted by Crippen LogP contribution is 2.19. The van der Waals surface area contributed by atoms with Gasteiger partial charge in [-0.15, -0.1) is 0 Å². The number of aliphatic hydroxyl groups is 1. The molecule has 1 atom stereocenters. The highest BCUT2D eigenvalue weighted by molar-refractivity contribution is 6.31. The van der Waals surface area contributed by atoms with Crippen LogP contribution in [0, 0.1) is 5.82 Å².